The molecule has 1 amide bonds. The molecule has 3 rings (SSSR count). The second-order valence-electron chi connectivity index (χ2n) is 6.76. The fourth-order valence-electron chi connectivity index (χ4n) is 2.58. The molecule has 0 saturated carbocycles. The van der Waals surface area contributed by atoms with E-state index in [1.54, 1.807) is 6.20 Å². The van der Waals surface area contributed by atoms with Crippen molar-refractivity contribution in [1.29, 1.82) is 0 Å². The number of aromatic nitrogens is 2. The molecule has 2 N–H and O–H groups in total. The molecule has 0 fully saturated rings. The molecule has 0 bridgehead atoms. The number of para-hydroxylation sites is 1. The molecule has 1 aromatic heterocycles. The first kappa shape index (κ1) is 20.3. The Labute approximate surface area is 170 Å². The molecule has 7 nitrogen and oxygen atoms in total. The minimum atomic E-state index is -0.217. The van der Waals surface area contributed by atoms with Crippen LogP contribution in [0.3, 0.4) is 0 Å². The van der Waals surface area contributed by atoms with E-state index in [0.717, 1.165) is 30.2 Å². The Balaban J connectivity index is 1.51. The van der Waals surface area contributed by atoms with Crippen LogP contribution in [0.5, 0.6) is 11.5 Å². The molecule has 1 heterocycles. The average Bonchev–Trinajstić information content (AvgIpc) is 2.74. The number of hydrogen-bond donors (Lipinski definition) is 2. The lowest BCUT2D eigenvalue weighted by atomic mass is 10.3. The van der Waals surface area contributed by atoms with Gasteiger partial charge in [-0.05, 0) is 63.5 Å². The third-order valence-corrected chi connectivity index (χ3v) is 4.06. The lowest BCUT2D eigenvalue weighted by Crippen LogP contribution is -2.27. The van der Waals surface area contributed by atoms with Gasteiger partial charge in [0.15, 0.2) is 0 Å². The van der Waals surface area contributed by atoms with Crippen LogP contribution in [0.15, 0.2) is 67.0 Å². The van der Waals surface area contributed by atoms with Crippen LogP contribution in [0.25, 0.3) is 0 Å². The van der Waals surface area contributed by atoms with E-state index in [4.69, 9.17) is 4.74 Å². The van der Waals surface area contributed by atoms with Crippen molar-refractivity contribution in [3.63, 3.8) is 0 Å². The minimum absolute atomic E-state index is 0.217. The van der Waals surface area contributed by atoms with Gasteiger partial charge in [0.25, 0.3) is 5.91 Å². The second kappa shape index (κ2) is 10.2. The van der Waals surface area contributed by atoms with Gasteiger partial charge in [-0.25, -0.2) is 9.97 Å². The van der Waals surface area contributed by atoms with E-state index < -0.39 is 0 Å². The Kier molecular flexibility index (Phi) is 7.13. The van der Waals surface area contributed by atoms with Crippen LogP contribution in [-0.4, -0.2) is 48.0 Å². The van der Waals surface area contributed by atoms with Gasteiger partial charge >= 0.3 is 0 Å². The van der Waals surface area contributed by atoms with E-state index >= 15 is 0 Å². The summed E-state index contributed by atoms with van der Waals surface area (Å²) in [5.74, 6) is 1.87. The Morgan fingerprint density at radius 1 is 0.966 bits per heavy atom. The Morgan fingerprint density at radius 2 is 1.69 bits per heavy atom. The maximum atomic E-state index is 12.1. The van der Waals surface area contributed by atoms with Crippen molar-refractivity contribution >= 4 is 17.4 Å². The normalized spacial score (nSPS) is 10.6. The van der Waals surface area contributed by atoms with Crippen LogP contribution >= 0.6 is 0 Å². The average molecular weight is 391 g/mol. The van der Waals surface area contributed by atoms with E-state index in [0.29, 0.717) is 18.1 Å². The molecule has 0 aliphatic carbocycles. The fraction of sp³-hybridized carbons (Fsp3) is 0.227. The quantitative estimate of drug-likeness (QED) is 0.542. The van der Waals surface area contributed by atoms with Crippen LogP contribution in [0.4, 0.5) is 11.5 Å². The summed E-state index contributed by atoms with van der Waals surface area (Å²) in [5.41, 5.74) is 1.15. The highest BCUT2D eigenvalue weighted by atomic mass is 16.5. The highest BCUT2D eigenvalue weighted by molar-refractivity contribution is 5.92. The molecular weight excluding hydrogens is 366 g/mol. The molecule has 0 spiro atoms. The number of hydrogen-bond acceptors (Lipinski definition) is 6. The summed E-state index contributed by atoms with van der Waals surface area (Å²) >= 11 is 0. The second-order valence-corrected chi connectivity index (χ2v) is 6.76. The summed E-state index contributed by atoms with van der Waals surface area (Å²) in [6.07, 6.45) is 3.90. The number of nitrogens with one attached hydrogen (secondary N) is 2. The fourth-order valence-corrected chi connectivity index (χ4v) is 2.58. The number of carbonyl (C=O) groups is 1. The van der Waals surface area contributed by atoms with Gasteiger partial charge in [0.05, 0.1) is 12.4 Å². The van der Waals surface area contributed by atoms with Crippen LogP contribution in [0.1, 0.15) is 16.9 Å². The molecule has 0 unspecified atom stereocenters. The van der Waals surface area contributed by atoms with Gasteiger partial charge in [0.2, 0.25) is 0 Å². The summed E-state index contributed by atoms with van der Waals surface area (Å²) in [4.78, 5) is 22.6. The zero-order valence-electron chi connectivity index (χ0n) is 16.6. The summed E-state index contributed by atoms with van der Waals surface area (Å²) in [5, 5.41) is 6.01. The predicted octanol–water partition coefficient (Wildman–Crippen LogP) is 3.69. The lowest BCUT2D eigenvalue weighted by Gasteiger charge is -2.10. The van der Waals surface area contributed by atoms with Gasteiger partial charge in [-0.2, -0.15) is 0 Å². The van der Waals surface area contributed by atoms with Crippen molar-refractivity contribution in [1.82, 2.24) is 20.2 Å². The third kappa shape index (κ3) is 6.58. The zero-order valence-corrected chi connectivity index (χ0v) is 16.6. The number of carbonyl (C=O) groups excluding carboxylic acids is 1. The standard InChI is InChI=1S/C22H25N5O2/c1-27(2)14-6-13-23-22(28)20-15-25-21(16-24-20)26-17-9-11-19(12-10-17)29-18-7-4-3-5-8-18/h3-5,7-12,15-16H,6,13-14H2,1-2H3,(H,23,28)(H,25,26). The first-order chi connectivity index (χ1) is 14.1. The number of benzene rings is 2. The summed E-state index contributed by atoms with van der Waals surface area (Å²) in [6.45, 7) is 1.53. The Morgan fingerprint density at radius 3 is 2.34 bits per heavy atom. The number of ether oxygens (including phenoxy) is 1. The minimum Gasteiger partial charge on any atom is -0.457 e. The molecule has 29 heavy (non-hydrogen) atoms. The van der Waals surface area contributed by atoms with Crippen molar-refractivity contribution in [2.45, 2.75) is 6.42 Å². The topological polar surface area (TPSA) is 79.4 Å². The summed E-state index contributed by atoms with van der Waals surface area (Å²) < 4.78 is 5.78. The van der Waals surface area contributed by atoms with Crippen molar-refractivity contribution in [2.75, 3.05) is 32.5 Å². The number of rotatable bonds is 9. The zero-order chi connectivity index (χ0) is 20.5. The number of nitrogens with zero attached hydrogens (tertiary/aromatic N) is 3. The number of amides is 1. The molecule has 2 aromatic carbocycles. The largest absolute Gasteiger partial charge is 0.457 e. The van der Waals surface area contributed by atoms with Gasteiger partial charge in [-0.3, -0.25) is 4.79 Å². The maximum Gasteiger partial charge on any atom is 0.271 e. The van der Waals surface area contributed by atoms with Crippen molar-refractivity contribution in [2.24, 2.45) is 0 Å². The molecule has 7 heteroatoms. The molecule has 3 aromatic rings. The van der Waals surface area contributed by atoms with Gasteiger partial charge in [0, 0.05) is 12.2 Å². The van der Waals surface area contributed by atoms with Gasteiger partial charge in [-0.1, -0.05) is 18.2 Å². The van der Waals surface area contributed by atoms with Crippen LogP contribution < -0.4 is 15.4 Å². The molecule has 150 valence electrons. The number of anilines is 2. The smallest absolute Gasteiger partial charge is 0.271 e. The van der Waals surface area contributed by atoms with Gasteiger partial charge in [0.1, 0.15) is 23.0 Å². The van der Waals surface area contributed by atoms with E-state index in [1.165, 1.54) is 6.20 Å². The molecule has 0 aliphatic heterocycles. The maximum absolute atomic E-state index is 12.1. The van der Waals surface area contributed by atoms with Crippen molar-refractivity contribution in [3.05, 3.63) is 72.7 Å². The highest BCUT2D eigenvalue weighted by Gasteiger charge is 2.07. The molecule has 0 aliphatic rings. The summed E-state index contributed by atoms with van der Waals surface area (Å²) in [6, 6.07) is 17.1. The van der Waals surface area contributed by atoms with Crippen molar-refractivity contribution in [3.8, 4) is 11.5 Å². The molecular formula is C22H25N5O2. The molecule has 0 radical (unpaired) electrons. The highest BCUT2D eigenvalue weighted by Crippen LogP contribution is 2.23. The third-order valence-electron chi connectivity index (χ3n) is 4.06. The van der Waals surface area contributed by atoms with Crippen LogP contribution in [0.2, 0.25) is 0 Å². The van der Waals surface area contributed by atoms with E-state index in [9.17, 15) is 4.79 Å². The van der Waals surface area contributed by atoms with Gasteiger partial charge < -0.3 is 20.3 Å². The predicted molar refractivity (Wildman–Crippen MR) is 114 cm³/mol. The Hall–Kier alpha value is -3.45. The first-order valence-corrected chi connectivity index (χ1v) is 9.45. The van der Waals surface area contributed by atoms with Crippen molar-refractivity contribution < 1.29 is 9.53 Å². The van der Waals surface area contributed by atoms with Gasteiger partial charge in [-0.15, -0.1) is 0 Å². The van der Waals surface area contributed by atoms with E-state index in [2.05, 4.69) is 25.5 Å². The monoisotopic (exact) mass is 391 g/mol. The Bertz CT molecular complexity index is 897. The lowest BCUT2D eigenvalue weighted by molar-refractivity contribution is 0.0947. The summed E-state index contributed by atoms with van der Waals surface area (Å²) in [7, 11) is 4.01. The SMILES string of the molecule is CN(C)CCCNC(=O)c1cnc(Nc2ccc(Oc3ccccc3)cc2)cn1. The van der Waals surface area contributed by atoms with Crippen LogP contribution in [0, 0.1) is 0 Å². The van der Waals surface area contributed by atoms with E-state index in [-0.39, 0.29) is 5.91 Å². The molecule has 0 saturated heterocycles. The van der Waals surface area contributed by atoms with Crippen LogP contribution in [-0.2, 0) is 0 Å². The first-order valence-electron chi connectivity index (χ1n) is 9.45. The molecule has 0 atom stereocenters. The van der Waals surface area contributed by atoms with E-state index in [1.807, 2.05) is 68.7 Å².